The molecule has 0 spiro atoms. The van der Waals surface area contributed by atoms with Crippen LogP contribution in [0, 0.1) is 0 Å². The Labute approximate surface area is 126 Å². The van der Waals surface area contributed by atoms with Crippen LogP contribution in [-0.4, -0.2) is 54.4 Å². The first kappa shape index (κ1) is 14.9. The second kappa shape index (κ2) is 6.85. The number of nitrogens with one attached hydrogen (secondary N) is 1. The second-order valence-corrected chi connectivity index (χ2v) is 6.22. The van der Waals surface area contributed by atoms with Crippen LogP contribution >= 0.6 is 0 Å². The Morgan fingerprint density at radius 3 is 2.81 bits per heavy atom. The van der Waals surface area contributed by atoms with E-state index >= 15 is 0 Å². The molecule has 1 N–H and O–H groups in total. The molecule has 2 heterocycles. The summed E-state index contributed by atoms with van der Waals surface area (Å²) in [7, 11) is 2.10. The molecule has 21 heavy (non-hydrogen) atoms. The van der Waals surface area contributed by atoms with Crippen LogP contribution in [0.4, 0.5) is 0 Å². The zero-order valence-corrected chi connectivity index (χ0v) is 13.0. The number of nitrogens with zero attached hydrogens (tertiary/aromatic N) is 3. The van der Waals surface area contributed by atoms with Crippen LogP contribution in [0.5, 0.6) is 0 Å². The third-order valence-electron chi connectivity index (χ3n) is 4.58. The van der Waals surface area contributed by atoms with Crippen molar-refractivity contribution in [3.05, 3.63) is 11.7 Å². The molecular formula is C15H26N4O2. The Kier molecular flexibility index (Phi) is 4.87. The molecule has 1 aliphatic carbocycles. The molecule has 1 aromatic heterocycles. The van der Waals surface area contributed by atoms with Gasteiger partial charge in [-0.05, 0) is 39.3 Å². The number of hydrogen-bond donors (Lipinski definition) is 1. The Bertz CT molecular complexity index is 443. The lowest BCUT2D eigenvalue weighted by molar-refractivity contribution is -0.0264. The Morgan fingerprint density at radius 2 is 2.10 bits per heavy atom. The molecule has 1 saturated carbocycles. The highest BCUT2D eigenvalue weighted by molar-refractivity contribution is 5.00. The van der Waals surface area contributed by atoms with Gasteiger partial charge in [-0.2, -0.15) is 4.98 Å². The molecule has 6 nitrogen and oxygen atoms in total. The molecule has 0 bridgehead atoms. The molecule has 6 heteroatoms. The fourth-order valence-corrected chi connectivity index (χ4v) is 3.31. The number of hydrogen-bond acceptors (Lipinski definition) is 6. The summed E-state index contributed by atoms with van der Waals surface area (Å²) in [6, 6.07) is 0.656. The molecule has 3 rings (SSSR count). The molecule has 118 valence electrons. The first-order chi connectivity index (χ1) is 10.3. The largest absolute Gasteiger partial charge is 0.367 e. The molecule has 1 atom stereocenters. The third-order valence-corrected chi connectivity index (χ3v) is 4.58. The average molecular weight is 294 g/mol. The SMILES string of the molecule is CCNC1CCC(c2nc(C3CN(C)CCO3)no2)CC1. The summed E-state index contributed by atoms with van der Waals surface area (Å²) in [5.74, 6) is 1.93. The number of rotatable bonds is 4. The van der Waals surface area contributed by atoms with Crippen LogP contribution < -0.4 is 5.32 Å². The van der Waals surface area contributed by atoms with E-state index in [0.717, 1.165) is 45.0 Å². The van der Waals surface area contributed by atoms with Crippen molar-refractivity contribution < 1.29 is 9.26 Å². The molecule has 0 amide bonds. The van der Waals surface area contributed by atoms with Crippen LogP contribution in [0.2, 0.25) is 0 Å². The van der Waals surface area contributed by atoms with Gasteiger partial charge in [0.2, 0.25) is 11.7 Å². The molecule has 1 aliphatic heterocycles. The van der Waals surface area contributed by atoms with Crippen molar-refractivity contribution in [2.45, 2.75) is 50.7 Å². The van der Waals surface area contributed by atoms with Crippen molar-refractivity contribution in [3.8, 4) is 0 Å². The quantitative estimate of drug-likeness (QED) is 0.912. The summed E-state index contributed by atoms with van der Waals surface area (Å²) in [4.78, 5) is 6.86. The number of morpholine rings is 1. The maximum atomic E-state index is 5.75. The minimum Gasteiger partial charge on any atom is -0.367 e. The van der Waals surface area contributed by atoms with Crippen LogP contribution in [-0.2, 0) is 4.74 Å². The van der Waals surface area contributed by atoms with E-state index in [9.17, 15) is 0 Å². The van der Waals surface area contributed by atoms with Crippen molar-refractivity contribution in [2.24, 2.45) is 0 Å². The summed E-state index contributed by atoms with van der Waals surface area (Å²) >= 11 is 0. The van der Waals surface area contributed by atoms with Crippen molar-refractivity contribution in [3.63, 3.8) is 0 Å². The molecule has 0 aromatic carbocycles. The van der Waals surface area contributed by atoms with Crippen molar-refractivity contribution >= 4 is 0 Å². The lowest BCUT2D eigenvalue weighted by Crippen LogP contribution is -2.35. The summed E-state index contributed by atoms with van der Waals surface area (Å²) < 4.78 is 11.3. The number of ether oxygens (including phenoxy) is 1. The zero-order chi connectivity index (χ0) is 14.7. The fraction of sp³-hybridized carbons (Fsp3) is 0.867. The number of aromatic nitrogens is 2. The maximum absolute atomic E-state index is 5.75. The van der Waals surface area contributed by atoms with E-state index in [-0.39, 0.29) is 6.10 Å². The molecule has 1 aromatic rings. The predicted molar refractivity (Wildman–Crippen MR) is 79.2 cm³/mol. The van der Waals surface area contributed by atoms with Gasteiger partial charge in [-0.25, -0.2) is 0 Å². The minimum atomic E-state index is -0.0423. The van der Waals surface area contributed by atoms with Crippen LogP contribution in [0.25, 0.3) is 0 Å². The predicted octanol–water partition coefficient (Wildman–Crippen LogP) is 1.71. The van der Waals surface area contributed by atoms with E-state index < -0.39 is 0 Å². The molecule has 1 saturated heterocycles. The first-order valence-electron chi connectivity index (χ1n) is 8.13. The standard InChI is InChI=1S/C15H26N4O2/c1-3-16-12-6-4-11(5-7-12)15-17-14(18-21-15)13-10-19(2)8-9-20-13/h11-13,16H,3-10H2,1-2H3. The second-order valence-electron chi connectivity index (χ2n) is 6.22. The first-order valence-corrected chi connectivity index (χ1v) is 8.13. The van der Waals surface area contributed by atoms with Crippen LogP contribution in [0.1, 0.15) is 56.3 Å². The Balaban J connectivity index is 1.58. The van der Waals surface area contributed by atoms with Gasteiger partial charge in [0.25, 0.3) is 0 Å². The number of likely N-dealkylation sites (N-methyl/N-ethyl adjacent to an activating group) is 1. The third kappa shape index (κ3) is 3.62. The van der Waals surface area contributed by atoms with Gasteiger partial charge in [0.05, 0.1) is 6.61 Å². The van der Waals surface area contributed by atoms with Gasteiger partial charge in [0.15, 0.2) is 0 Å². The van der Waals surface area contributed by atoms with Crippen LogP contribution in [0.15, 0.2) is 4.52 Å². The van der Waals surface area contributed by atoms with E-state index in [1.54, 1.807) is 0 Å². The van der Waals surface area contributed by atoms with E-state index in [4.69, 9.17) is 9.26 Å². The summed E-state index contributed by atoms with van der Waals surface area (Å²) in [5, 5.41) is 7.68. The summed E-state index contributed by atoms with van der Waals surface area (Å²) in [5.41, 5.74) is 0. The van der Waals surface area contributed by atoms with E-state index in [1.165, 1.54) is 12.8 Å². The fourth-order valence-electron chi connectivity index (χ4n) is 3.31. The van der Waals surface area contributed by atoms with Crippen LogP contribution in [0.3, 0.4) is 0 Å². The highest BCUT2D eigenvalue weighted by Gasteiger charge is 2.29. The van der Waals surface area contributed by atoms with Gasteiger partial charge in [-0.15, -0.1) is 0 Å². The van der Waals surface area contributed by atoms with Gasteiger partial charge >= 0.3 is 0 Å². The van der Waals surface area contributed by atoms with Gasteiger partial charge in [-0.1, -0.05) is 12.1 Å². The lowest BCUT2D eigenvalue weighted by Gasteiger charge is -2.28. The van der Waals surface area contributed by atoms with Crippen molar-refractivity contribution in [2.75, 3.05) is 33.3 Å². The maximum Gasteiger partial charge on any atom is 0.229 e. The molecule has 2 aliphatic rings. The Morgan fingerprint density at radius 1 is 1.29 bits per heavy atom. The monoisotopic (exact) mass is 294 g/mol. The summed E-state index contributed by atoms with van der Waals surface area (Å²) in [6.07, 6.45) is 4.60. The average Bonchev–Trinajstić information content (AvgIpc) is 2.98. The highest BCUT2D eigenvalue weighted by atomic mass is 16.5. The normalized spacial score (nSPS) is 31.4. The van der Waals surface area contributed by atoms with E-state index in [1.807, 2.05) is 0 Å². The van der Waals surface area contributed by atoms with Gasteiger partial charge in [-0.3, -0.25) is 0 Å². The molecule has 2 fully saturated rings. The Hall–Kier alpha value is -0.980. The van der Waals surface area contributed by atoms with Crippen molar-refractivity contribution in [1.29, 1.82) is 0 Å². The smallest absolute Gasteiger partial charge is 0.229 e. The minimum absolute atomic E-state index is 0.0423. The summed E-state index contributed by atoms with van der Waals surface area (Å²) in [6.45, 7) is 5.75. The highest BCUT2D eigenvalue weighted by Crippen LogP contribution is 2.32. The molecular weight excluding hydrogens is 268 g/mol. The van der Waals surface area contributed by atoms with Gasteiger partial charge < -0.3 is 19.5 Å². The molecule has 1 unspecified atom stereocenters. The topological polar surface area (TPSA) is 63.4 Å². The van der Waals surface area contributed by atoms with Gasteiger partial charge in [0, 0.05) is 25.0 Å². The van der Waals surface area contributed by atoms with Gasteiger partial charge in [0.1, 0.15) is 6.10 Å². The molecule has 0 radical (unpaired) electrons. The lowest BCUT2D eigenvalue weighted by atomic mass is 9.86. The van der Waals surface area contributed by atoms with Crippen molar-refractivity contribution in [1.82, 2.24) is 20.4 Å². The zero-order valence-electron chi connectivity index (χ0n) is 13.0. The van der Waals surface area contributed by atoms with E-state index in [0.29, 0.717) is 17.8 Å². The van der Waals surface area contributed by atoms with E-state index in [2.05, 4.69) is 34.3 Å².